The number of hydrogen-bond donors (Lipinski definition) is 5. The first-order chi connectivity index (χ1) is 12.2. The SMILES string of the molecule is CCCCCCCCCCCCNC(=N)NC(=N)NCc1ccco1.Cl.Cl. The van der Waals surface area contributed by atoms with Crippen molar-refractivity contribution in [2.75, 3.05) is 6.54 Å². The molecule has 1 rings (SSSR count). The number of guanidine groups is 2. The van der Waals surface area contributed by atoms with Crippen molar-refractivity contribution in [2.45, 2.75) is 77.7 Å². The molecule has 158 valence electrons. The van der Waals surface area contributed by atoms with Gasteiger partial charge in [0.2, 0.25) is 0 Å². The van der Waals surface area contributed by atoms with Gasteiger partial charge in [-0.15, -0.1) is 24.8 Å². The maximum atomic E-state index is 7.77. The Morgan fingerprint density at radius 2 is 1.41 bits per heavy atom. The minimum atomic E-state index is 0. The number of unbranched alkanes of at least 4 members (excludes halogenated alkanes) is 9. The molecule has 0 spiro atoms. The summed E-state index contributed by atoms with van der Waals surface area (Å²) in [6.45, 7) is 3.46. The van der Waals surface area contributed by atoms with Gasteiger partial charge in [0.25, 0.3) is 0 Å². The van der Waals surface area contributed by atoms with E-state index in [0.717, 1.165) is 18.7 Å². The van der Waals surface area contributed by atoms with E-state index >= 15 is 0 Å². The lowest BCUT2D eigenvalue weighted by Gasteiger charge is -2.12. The molecule has 8 heteroatoms. The number of halogens is 2. The highest BCUT2D eigenvalue weighted by atomic mass is 35.5. The van der Waals surface area contributed by atoms with Crippen LogP contribution >= 0.6 is 24.8 Å². The molecule has 0 amide bonds. The Hall–Kier alpha value is -1.40. The number of hydrogen-bond acceptors (Lipinski definition) is 3. The van der Waals surface area contributed by atoms with Gasteiger partial charge in [0.05, 0.1) is 12.8 Å². The predicted octanol–water partition coefficient (Wildman–Crippen LogP) is 5.18. The molecule has 0 aliphatic carbocycles. The molecule has 0 saturated carbocycles. The molecule has 5 N–H and O–H groups in total. The van der Waals surface area contributed by atoms with Crippen LogP contribution in [0.5, 0.6) is 0 Å². The van der Waals surface area contributed by atoms with E-state index in [0.29, 0.717) is 6.54 Å². The molecule has 0 radical (unpaired) electrons. The zero-order valence-corrected chi connectivity index (χ0v) is 18.1. The standard InChI is InChI=1S/C19H35N5O.2ClH/c1-2-3-4-5-6-7-8-9-10-11-14-22-18(20)24-19(21)23-16-17-13-12-15-25-17;;/h12-13,15H,2-11,14,16H2,1H3,(H5,20,21,22,23,24);2*1H. The third-order valence-electron chi connectivity index (χ3n) is 4.10. The van der Waals surface area contributed by atoms with Crippen molar-refractivity contribution in [3.8, 4) is 0 Å². The van der Waals surface area contributed by atoms with E-state index in [1.54, 1.807) is 6.26 Å². The van der Waals surface area contributed by atoms with Gasteiger partial charge in [-0.25, -0.2) is 0 Å². The second-order valence-electron chi connectivity index (χ2n) is 6.42. The molecule has 0 aliphatic rings. The molecule has 1 aromatic rings. The maximum Gasteiger partial charge on any atom is 0.195 e. The average molecular weight is 422 g/mol. The molecule has 0 saturated heterocycles. The number of nitrogens with one attached hydrogen (secondary N) is 5. The molecular weight excluding hydrogens is 385 g/mol. The Kier molecular flexibility index (Phi) is 19.9. The van der Waals surface area contributed by atoms with Crippen LogP contribution in [0.15, 0.2) is 22.8 Å². The Bertz CT molecular complexity index is 469. The van der Waals surface area contributed by atoms with Crippen molar-refractivity contribution < 1.29 is 4.42 Å². The first-order valence-corrected chi connectivity index (χ1v) is 9.66. The molecule has 0 fully saturated rings. The van der Waals surface area contributed by atoms with E-state index in [1.807, 2.05) is 12.1 Å². The van der Waals surface area contributed by atoms with Crippen molar-refractivity contribution in [1.29, 1.82) is 10.8 Å². The lowest BCUT2D eigenvalue weighted by atomic mass is 10.1. The fourth-order valence-electron chi connectivity index (χ4n) is 2.63. The molecule has 27 heavy (non-hydrogen) atoms. The fourth-order valence-corrected chi connectivity index (χ4v) is 2.63. The average Bonchev–Trinajstić information content (AvgIpc) is 3.11. The third kappa shape index (κ3) is 16.5. The Labute approximate surface area is 176 Å². The highest BCUT2D eigenvalue weighted by Gasteiger charge is 2.01. The summed E-state index contributed by atoms with van der Waals surface area (Å²) in [7, 11) is 0. The van der Waals surface area contributed by atoms with Gasteiger partial charge in [-0.05, 0) is 18.6 Å². The summed E-state index contributed by atoms with van der Waals surface area (Å²) < 4.78 is 5.18. The zero-order chi connectivity index (χ0) is 18.2. The van der Waals surface area contributed by atoms with E-state index in [4.69, 9.17) is 15.2 Å². The van der Waals surface area contributed by atoms with Crippen molar-refractivity contribution in [1.82, 2.24) is 16.0 Å². The smallest absolute Gasteiger partial charge is 0.195 e. The molecular formula is C19H37Cl2N5O. The first kappa shape index (κ1) is 27.8. The van der Waals surface area contributed by atoms with Crippen molar-refractivity contribution in [3.63, 3.8) is 0 Å². The topological polar surface area (TPSA) is 96.9 Å². The molecule has 1 aromatic heterocycles. The largest absolute Gasteiger partial charge is 0.467 e. The van der Waals surface area contributed by atoms with E-state index < -0.39 is 0 Å². The van der Waals surface area contributed by atoms with Crippen LogP contribution in [-0.4, -0.2) is 18.5 Å². The molecule has 0 unspecified atom stereocenters. The summed E-state index contributed by atoms with van der Waals surface area (Å²) >= 11 is 0. The van der Waals surface area contributed by atoms with Gasteiger partial charge in [-0.3, -0.25) is 16.1 Å². The number of furan rings is 1. The van der Waals surface area contributed by atoms with Gasteiger partial charge < -0.3 is 15.1 Å². The van der Waals surface area contributed by atoms with Gasteiger partial charge in [0.1, 0.15) is 5.76 Å². The summed E-state index contributed by atoms with van der Waals surface area (Å²) in [6.07, 6.45) is 14.7. The maximum absolute atomic E-state index is 7.77. The summed E-state index contributed by atoms with van der Waals surface area (Å²) in [5.41, 5.74) is 0. The highest BCUT2D eigenvalue weighted by Crippen LogP contribution is 2.10. The van der Waals surface area contributed by atoms with Crippen LogP contribution in [-0.2, 0) is 6.54 Å². The van der Waals surface area contributed by atoms with E-state index in [9.17, 15) is 0 Å². The quantitative estimate of drug-likeness (QED) is 0.172. The van der Waals surface area contributed by atoms with E-state index in [1.165, 1.54) is 57.8 Å². The predicted molar refractivity (Wildman–Crippen MR) is 118 cm³/mol. The lowest BCUT2D eigenvalue weighted by molar-refractivity contribution is 0.502. The third-order valence-corrected chi connectivity index (χ3v) is 4.10. The Balaban J connectivity index is 0. The summed E-state index contributed by atoms with van der Waals surface area (Å²) in [6, 6.07) is 3.65. The summed E-state index contributed by atoms with van der Waals surface area (Å²) in [5, 5.41) is 24.0. The van der Waals surface area contributed by atoms with Crippen LogP contribution in [0.3, 0.4) is 0 Å². The van der Waals surface area contributed by atoms with Crippen LogP contribution < -0.4 is 16.0 Å². The van der Waals surface area contributed by atoms with Gasteiger partial charge in [-0.2, -0.15) is 0 Å². The highest BCUT2D eigenvalue weighted by molar-refractivity contribution is 5.95. The molecule has 6 nitrogen and oxygen atoms in total. The van der Waals surface area contributed by atoms with Gasteiger partial charge >= 0.3 is 0 Å². The van der Waals surface area contributed by atoms with Crippen molar-refractivity contribution in [3.05, 3.63) is 24.2 Å². The van der Waals surface area contributed by atoms with Gasteiger partial charge in [0.15, 0.2) is 11.9 Å². The lowest BCUT2D eigenvalue weighted by Crippen LogP contribution is -2.45. The Morgan fingerprint density at radius 3 is 1.96 bits per heavy atom. The minimum Gasteiger partial charge on any atom is -0.467 e. The molecule has 1 heterocycles. The molecule has 0 aromatic carbocycles. The van der Waals surface area contributed by atoms with Gasteiger partial charge in [-0.1, -0.05) is 64.7 Å². The van der Waals surface area contributed by atoms with E-state index in [-0.39, 0.29) is 36.7 Å². The second-order valence-corrected chi connectivity index (χ2v) is 6.42. The van der Waals surface area contributed by atoms with Crippen LogP contribution in [0.2, 0.25) is 0 Å². The molecule has 0 aliphatic heterocycles. The Morgan fingerprint density at radius 1 is 0.852 bits per heavy atom. The van der Waals surface area contributed by atoms with Crippen LogP contribution in [0.25, 0.3) is 0 Å². The normalized spacial score (nSPS) is 9.67. The minimum absolute atomic E-state index is 0. The second kappa shape index (κ2) is 19.4. The van der Waals surface area contributed by atoms with Crippen LogP contribution in [0.4, 0.5) is 0 Å². The summed E-state index contributed by atoms with van der Waals surface area (Å²) in [5.74, 6) is 1.02. The molecule has 0 atom stereocenters. The van der Waals surface area contributed by atoms with E-state index in [2.05, 4.69) is 22.9 Å². The van der Waals surface area contributed by atoms with Gasteiger partial charge in [0, 0.05) is 6.54 Å². The van der Waals surface area contributed by atoms with Crippen LogP contribution in [0.1, 0.15) is 76.9 Å². The number of rotatable bonds is 13. The monoisotopic (exact) mass is 421 g/mol. The fraction of sp³-hybridized carbons (Fsp3) is 0.684. The zero-order valence-electron chi connectivity index (χ0n) is 16.4. The van der Waals surface area contributed by atoms with Crippen molar-refractivity contribution >= 4 is 36.7 Å². The van der Waals surface area contributed by atoms with Crippen molar-refractivity contribution in [2.24, 2.45) is 0 Å². The summed E-state index contributed by atoms with van der Waals surface area (Å²) in [4.78, 5) is 0. The molecule has 0 bridgehead atoms. The first-order valence-electron chi connectivity index (χ1n) is 9.66. The van der Waals surface area contributed by atoms with Crippen LogP contribution in [0, 0.1) is 10.8 Å².